The van der Waals surface area contributed by atoms with Crippen LogP contribution in [0.5, 0.6) is 11.8 Å². The minimum Gasteiger partial charge on any atom is -0.494 e. The number of nitrogens with one attached hydrogen (secondary N) is 2. The molecule has 1 aliphatic rings. The predicted molar refractivity (Wildman–Crippen MR) is 137 cm³/mol. The number of rotatable bonds is 12. The Kier molecular flexibility index (Phi) is 8.80. The van der Waals surface area contributed by atoms with E-state index in [1.54, 1.807) is 18.2 Å². The van der Waals surface area contributed by atoms with Gasteiger partial charge in [-0.3, -0.25) is 24.3 Å². The molecular formula is C26H36N4O7. The lowest BCUT2D eigenvalue weighted by molar-refractivity contribution is -0.152. The topological polar surface area (TPSA) is 173 Å². The normalized spacial score (nSPS) is 17.5. The van der Waals surface area contributed by atoms with Gasteiger partial charge in [-0.25, -0.2) is 4.79 Å². The average Bonchev–Trinajstić information content (AvgIpc) is 3.10. The summed E-state index contributed by atoms with van der Waals surface area (Å²) in [6.07, 6.45) is 2.62. The molecule has 2 amide bonds. The summed E-state index contributed by atoms with van der Waals surface area (Å²) in [5.74, 6) is -2.46. The second-order valence-electron chi connectivity index (χ2n) is 9.93. The zero-order valence-electron chi connectivity index (χ0n) is 21.5. The van der Waals surface area contributed by atoms with Crippen molar-refractivity contribution in [2.24, 2.45) is 11.7 Å². The molecule has 1 aromatic heterocycles. The van der Waals surface area contributed by atoms with E-state index in [2.05, 4.69) is 10.6 Å². The van der Waals surface area contributed by atoms with Gasteiger partial charge in [0.1, 0.15) is 6.04 Å². The molecule has 1 aromatic carbocycles. The van der Waals surface area contributed by atoms with Crippen LogP contribution in [0.1, 0.15) is 64.8 Å². The number of ketones is 1. The summed E-state index contributed by atoms with van der Waals surface area (Å²) in [5, 5.41) is 27.9. The molecule has 2 heterocycles. The molecule has 11 heteroatoms. The molecule has 1 fully saturated rings. The number of esters is 1. The lowest BCUT2D eigenvalue weighted by Gasteiger charge is -2.26. The van der Waals surface area contributed by atoms with Crippen LogP contribution in [0.2, 0.25) is 0 Å². The quantitative estimate of drug-likeness (QED) is 0.123. The number of imide groups is 1. The molecule has 0 bridgehead atoms. The number of Topliss-reactive ketones (excluding diaryl/α,β-unsaturated/α-hetero) is 1. The number of aromatic hydroxyl groups is 2. The molecule has 37 heavy (non-hydrogen) atoms. The summed E-state index contributed by atoms with van der Waals surface area (Å²) in [4.78, 5) is 48.6. The molecule has 0 radical (unpaired) electrons. The fourth-order valence-corrected chi connectivity index (χ4v) is 4.87. The Morgan fingerprint density at radius 3 is 2.59 bits per heavy atom. The highest BCUT2D eigenvalue weighted by atomic mass is 16.5. The van der Waals surface area contributed by atoms with Crippen LogP contribution in [0.25, 0.3) is 10.8 Å². The van der Waals surface area contributed by atoms with Crippen LogP contribution in [0.15, 0.2) is 18.2 Å². The van der Waals surface area contributed by atoms with Crippen molar-refractivity contribution >= 4 is 40.0 Å². The molecule has 0 saturated carbocycles. The van der Waals surface area contributed by atoms with Gasteiger partial charge in [0.05, 0.1) is 12.5 Å². The van der Waals surface area contributed by atoms with Gasteiger partial charge in [0, 0.05) is 30.5 Å². The van der Waals surface area contributed by atoms with Crippen molar-refractivity contribution < 1.29 is 34.1 Å². The average molecular weight is 517 g/mol. The highest BCUT2D eigenvalue weighted by Gasteiger charge is 2.42. The first kappa shape index (κ1) is 28.0. The molecule has 3 rings (SSSR count). The molecule has 6 N–H and O–H groups in total. The number of benzene rings is 1. The smallest absolute Gasteiger partial charge is 0.333 e. The number of fused-ring (bicyclic) bond motifs is 1. The van der Waals surface area contributed by atoms with Gasteiger partial charge >= 0.3 is 5.97 Å². The van der Waals surface area contributed by atoms with E-state index in [-0.39, 0.29) is 55.1 Å². The van der Waals surface area contributed by atoms with E-state index in [0.717, 1.165) is 4.57 Å². The lowest BCUT2D eigenvalue weighted by Crippen LogP contribution is -2.56. The van der Waals surface area contributed by atoms with Crippen molar-refractivity contribution in [3.05, 3.63) is 18.2 Å². The molecule has 0 aliphatic carbocycles. The SMILES string of the molecule is COC(=O)C(N)(CC(C)C)C(=O)CCCCCNc1cccc2c(O)n(C3CCC(=O)NC3=O)c(O)c12. The molecule has 1 aliphatic heterocycles. The number of aromatic nitrogens is 1. The first-order valence-electron chi connectivity index (χ1n) is 12.5. The maximum atomic E-state index is 12.7. The van der Waals surface area contributed by atoms with E-state index in [4.69, 9.17) is 10.5 Å². The fourth-order valence-electron chi connectivity index (χ4n) is 4.87. The summed E-state index contributed by atoms with van der Waals surface area (Å²) < 4.78 is 5.92. The Labute approximate surface area is 215 Å². The number of piperidine rings is 1. The van der Waals surface area contributed by atoms with E-state index < -0.39 is 23.5 Å². The zero-order chi connectivity index (χ0) is 27.3. The van der Waals surface area contributed by atoms with Crippen LogP contribution in [0, 0.1) is 5.92 Å². The summed E-state index contributed by atoms with van der Waals surface area (Å²) in [7, 11) is 1.22. The lowest BCUT2D eigenvalue weighted by atomic mass is 9.84. The van der Waals surface area contributed by atoms with Gasteiger partial charge < -0.3 is 26.0 Å². The maximum Gasteiger partial charge on any atom is 0.333 e. The highest BCUT2D eigenvalue weighted by molar-refractivity contribution is 6.08. The molecular weight excluding hydrogens is 480 g/mol. The van der Waals surface area contributed by atoms with Gasteiger partial charge in [-0.2, -0.15) is 0 Å². The monoisotopic (exact) mass is 516 g/mol. The first-order chi connectivity index (χ1) is 17.5. The third-order valence-electron chi connectivity index (χ3n) is 6.68. The number of amides is 2. The van der Waals surface area contributed by atoms with Crippen molar-refractivity contribution in [3.63, 3.8) is 0 Å². The van der Waals surface area contributed by atoms with Crippen LogP contribution in [0.3, 0.4) is 0 Å². The van der Waals surface area contributed by atoms with E-state index in [1.165, 1.54) is 7.11 Å². The molecule has 2 atom stereocenters. The van der Waals surface area contributed by atoms with Crippen molar-refractivity contribution in [2.75, 3.05) is 19.0 Å². The summed E-state index contributed by atoms with van der Waals surface area (Å²) in [6, 6.07) is 4.22. The number of ether oxygens (including phenoxy) is 1. The number of hydrogen-bond acceptors (Lipinski definition) is 9. The predicted octanol–water partition coefficient (Wildman–Crippen LogP) is 2.49. The van der Waals surface area contributed by atoms with Gasteiger partial charge in [0.15, 0.2) is 11.3 Å². The number of anilines is 1. The number of hydrogen-bond donors (Lipinski definition) is 5. The van der Waals surface area contributed by atoms with Crippen LogP contribution in [-0.2, 0) is 23.9 Å². The largest absolute Gasteiger partial charge is 0.494 e. The Hall–Kier alpha value is -3.60. The molecule has 202 valence electrons. The first-order valence-corrected chi connectivity index (χ1v) is 12.5. The molecule has 2 aromatic rings. The van der Waals surface area contributed by atoms with Crippen molar-refractivity contribution in [2.45, 2.75) is 70.4 Å². The van der Waals surface area contributed by atoms with Gasteiger partial charge in [-0.05, 0) is 43.7 Å². The standard InChI is InChI=1S/C26H36N4O7/c1-15(2)14-26(27,25(36)37-3)19(31)10-5-4-6-13-28-17-9-7-8-16-21(17)24(35)30(23(16)34)18-11-12-20(32)29-22(18)33/h7-9,15,18,28,34-35H,4-6,10-14,27H2,1-3H3,(H,29,32,33). The van der Waals surface area contributed by atoms with Gasteiger partial charge in [0.25, 0.3) is 0 Å². The van der Waals surface area contributed by atoms with Crippen molar-refractivity contribution in [3.8, 4) is 11.8 Å². The van der Waals surface area contributed by atoms with Gasteiger partial charge in [0.2, 0.25) is 23.6 Å². The molecule has 0 spiro atoms. The minimum atomic E-state index is -1.63. The van der Waals surface area contributed by atoms with Crippen molar-refractivity contribution in [1.82, 2.24) is 9.88 Å². The Morgan fingerprint density at radius 1 is 1.22 bits per heavy atom. The third kappa shape index (κ3) is 5.87. The van der Waals surface area contributed by atoms with Crippen LogP contribution < -0.4 is 16.4 Å². The fraction of sp³-hybridized carbons (Fsp3) is 0.538. The number of carbonyl (C=O) groups excluding carboxylic acids is 4. The van der Waals surface area contributed by atoms with E-state index in [1.807, 2.05) is 13.8 Å². The van der Waals surface area contributed by atoms with Gasteiger partial charge in [-0.1, -0.05) is 26.3 Å². The maximum absolute atomic E-state index is 12.7. The Bertz CT molecular complexity index is 1190. The number of carbonyl (C=O) groups is 4. The Balaban J connectivity index is 1.61. The third-order valence-corrected chi connectivity index (χ3v) is 6.68. The molecule has 1 saturated heterocycles. The van der Waals surface area contributed by atoms with Crippen molar-refractivity contribution in [1.29, 1.82) is 0 Å². The minimum absolute atomic E-state index is 0.0562. The second kappa shape index (κ2) is 11.6. The number of methoxy groups -OCH3 is 1. The number of unbranched alkanes of at least 4 members (excludes halogenated alkanes) is 2. The zero-order valence-corrected chi connectivity index (χ0v) is 21.5. The molecule has 11 nitrogen and oxygen atoms in total. The number of nitrogens with two attached hydrogens (primary N) is 1. The molecule has 2 unspecified atom stereocenters. The van der Waals surface area contributed by atoms with E-state index in [9.17, 15) is 29.4 Å². The van der Waals surface area contributed by atoms with E-state index >= 15 is 0 Å². The highest BCUT2D eigenvalue weighted by Crippen LogP contribution is 2.43. The van der Waals surface area contributed by atoms with Gasteiger partial charge in [-0.15, -0.1) is 0 Å². The summed E-state index contributed by atoms with van der Waals surface area (Å²) >= 11 is 0. The van der Waals surface area contributed by atoms with E-state index in [0.29, 0.717) is 42.3 Å². The summed E-state index contributed by atoms with van der Waals surface area (Å²) in [6.45, 7) is 4.30. The van der Waals surface area contributed by atoms with Crippen LogP contribution >= 0.6 is 0 Å². The second-order valence-corrected chi connectivity index (χ2v) is 9.93. The van der Waals surface area contributed by atoms with Crippen LogP contribution in [0.4, 0.5) is 5.69 Å². The Morgan fingerprint density at radius 2 is 1.95 bits per heavy atom. The number of nitrogens with zero attached hydrogens (tertiary/aromatic N) is 1. The van der Waals surface area contributed by atoms with Crippen LogP contribution in [-0.4, -0.2) is 57.5 Å². The summed E-state index contributed by atoms with van der Waals surface area (Å²) in [5.41, 5.74) is 5.09.